The zero-order valence-corrected chi connectivity index (χ0v) is 12.6. The van der Waals surface area contributed by atoms with Gasteiger partial charge >= 0.3 is 5.97 Å². The van der Waals surface area contributed by atoms with Crippen molar-refractivity contribution in [2.24, 2.45) is 5.92 Å². The molecule has 0 bridgehead atoms. The first-order valence-electron chi connectivity index (χ1n) is 6.50. The second kappa shape index (κ2) is 5.14. The Labute approximate surface area is 123 Å². The van der Waals surface area contributed by atoms with Gasteiger partial charge in [-0.2, -0.15) is 0 Å². The van der Waals surface area contributed by atoms with Gasteiger partial charge in [-0.15, -0.1) is 0 Å². The highest BCUT2D eigenvalue weighted by molar-refractivity contribution is 7.90. The van der Waals surface area contributed by atoms with E-state index in [2.05, 4.69) is 5.32 Å². The van der Waals surface area contributed by atoms with Crippen LogP contribution in [-0.2, 0) is 14.6 Å². The average Bonchev–Trinajstić information content (AvgIpc) is 3.22. The van der Waals surface area contributed by atoms with Crippen LogP contribution in [0.25, 0.3) is 0 Å². The monoisotopic (exact) mass is 311 g/mol. The van der Waals surface area contributed by atoms with Gasteiger partial charge in [0.2, 0.25) is 0 Å². The number of carbonyl (C=O) groups is 2. The number of carbonyl (C=O) groups excluding carboxylic acids is 1. The summed E-state index contributed by atoms with van der Waals surface area (Å²) in [6, 6.07) is 5.56. The number of nitrogens with one attached hydrogen (secondary N) is 1. The number of rotatable bonds is 5. The van der Waals surface area contributed by atoms with E-state index in [-0.39, 0.29) is 16.4 Å². The molecule has 0 spiro atoms. The molecule has 0 aliphatic heterocycles. The highest BCUT2D eigenvalue weighted by Gasteiger charge is 2.48. The second-order valence-electron chi connectivity index (χ2n) is 5.54. The lowest BCUT2D eigenvalue weighted by molar-refractivity contribution is -0.144. The van der Waals surface area contributed by atoms with Crippen LogP contribution in [0, 0.1) is 5.92 Å². The fourth-order valence-corrected chi connectivity index (χ4v) is 2.83. The Morgan fingerprint density at radius 1 is 1.33 bits per heavy atom. The van der Waals surface area contributed by atoms with Crippen molar-refractivity contribution in [3.8, 4) is 0 Å². The molecule has 7 heteroatoms. The molecule has 1 saturated carbocycles. The lowest BCUT2D eigenvalue weighted by atomic mass is 9.95. The molecule has 0 radical (unpaired) electrons. The summed E-state index contributed by atoms with van der Waals surface area (Å²) in [4.78, 5) is 23.6. The second-order valence-corrected chi connectivity index (χ2v) is 7.55. The molecule has 2 N–H and O–H groups in total. The van der Waals surface area contributed by atoms with Crippen LogP contribution in [0.1, 0.15) is 30.1 Å². The van der Waals surface area contributed by atoms with Crippen molar-refractivity contribution in [3.63, 3.8) is 0 Å². The molecule has 0 saturated heterocycles. The molecule has 1 amide bonds. The van der Waals surface area contributed by atoms with Crippen LogP contribution in [0.3, 0.4) is 0 Å². The summed E-state index contributed by atoms with van der Waals surface area (Å²) in [5, 5.41) is 11.8. The predicted octanol–water partition coefficient (Wildman–Crippen LogP) is 1.07. The smallest absolute Gasteiger partial charge is 0.329 e. The topological polar surface area (TPSA) is 101 Å². The number of sulfone groups is 1. The van der Waals surface area contributed by atoms with Crippen molar-refractivity contribution in [3.05, 3.63) is 29.8 Å². The summed E-state index contributed by atoms with van der Waals surface area (Å²) in [6.45, 7) is 1.48. The number of amides is 1. The Balaban J connectivity index is 2.26. The summed E-state index contributed by atoms with van der Waals surface area (Å²) in [5.74, 6) is -1.76. The third-order valence-corrected chi connectivity index (χ3v) is 4.85. The number of benzene rings is 1. The van der Waals surface area contributed by atoms with Crippen LogP contribution in [0.5, 0.6) is 0 Å². The molecule has 21 heavy (non-hydrogen) atoms. The lowest BCUT2D eigenvalue weighted by Gasteiger charge is -2.26. The molecule has 1 aromatic rings. The molecule has 0 heterocycles. The summed E-state index contributed by atoms with van der Waals surface area (Å²) >= 11 is 0. The zero-order chi connectivity index (χ0) is 15.8. The van der Waals surface area contributed by atoms with Gasteiger partial charge in [-0.1, -0.05) is 6.07 Å². The Morgan fingerprint density at radius 2 is 1.95 bits per heavy atom. The first-order chi connectivity index (χ1) is 9.64. The molecular weight excluding hydrogens is 294 g/mol. The Kier molecular flexibility index (Phi) is 3.79. The number of carboxylic acids is 1. The summed E-state index contributed by atoms with van der Waals surface area (Å²) < 4.78 is 23.0. The van der Waals surface area contributed by atoms with Gasteiger partial charge < -0.3 is 10.4 Å². The highest BCUT2D eigenvalue weighted by Crippen LogP contribution is 2.39. The minimum atomic E-state index is -3.42. The Hall–Kier alpha value is -1.89. The lowest BCUT2D eigenvalue weighted by Crippen LogP contribution is -2.54. The van der Waals surface area contributed by atoms with Crippen molar-refractivity contribution in [2.45, 2.75) is 30.2 Å². The van der Waals surface area contributed by atoms with Gasteiger partial charge in [0.15, 0.2) is 9.84 Å². The molecule has 1 aliphatic carbocycles. The van der Waals surface area contributed by atoms with Crippen molar-refractivity contribution in [1.29, 1.82) is 0 Å². The molecule has 1 unspecified atom stereocenters. The molecule has 114 valence electrons. The summed E-state index contributed by atoms with van der Waals surface area (Å²) in [7, 11) is -3.42. The number of hydrogen-bond donors (Lipinski definition) is 2. The van der Waals surface area contributed by atoms with Crippen LogP contribution in [0.4, 0.5) is 0 Å². The fraction of sp³-hybridized carbons (Fsp3) is 0.429. The van der Waals surface area contributed by atoms with Crippen LogP contribution in [0.15, 0.2) is 29.2 Å². The van der Waals surface area contributed by atoms with Crippen molar-refractivity contribution in [2.75, 3.05) is 6.26 Å². The van der Waals surface area contributed by atoms with E-state index in [1.807, 2.05) is 0 Å². The van der Waals surface area contributed by atoms with E-state index in [4.69, 9.17) is 0 Å². The van der Waals surface area contributed by atoms with Crippen molar-refractivity contribution >= 4 is 21.7 Å². The summed E-state index contributed by atoms with van der Waals surface area (Å²) in [6.07, 6.45) is 2.56. The summed E-state index contributed by atoms with van der Waals surface area (Å²) in [5.41, 5.74) is -1.19. The van der Waals surface area contributed by atoms with Gasteiger partial charge in [0, 0.05) is 11.8 Å². The van der Waals surface area contributed by atoms with E-state index in [0.717, 1.165) is 19.1 Å². The van der Waals surface area contributed by atoms with E-state index in [1.165, 1.54) is 31.2 Å². The van der Waals surface area contributed by atoms with Gasteiger partial charge in [0.05, 0.1) is 4.90 Å². The van der Waals surface area contributed by atoms with Crippen LogP contribution in [-0.4, -0.2) is 37.2 Å². The van der Waals surface area contributed by atoms with Crippen LogP contribution < -0.4 is 5.32 Å². The van der Waals surface area contributed by atoms with Gasteiger partial charge in [-0.3, -0.25) is 4.79 Å². The first-order valence-corrected chi connectivity index (χ1v) is 8.40. The van der Waals surface area contributed by atoms with Crippen LogP contribution >= 0.6 is 0 Å². The third-order valence-electron chi connectivity index (χ3n) is 3.74. The molecule has 0 aromatic heterocycles. The van der Waals surface area contributed by atoms with Crippen LogP contribution in [0.2, 0.25) is 0 Å². The maximum atomic E-state index is 12.2. The van der Waals surface area contributed by atoms with Gasteiger partial charge in [-0.05, 0) is 43.9 Å². The van der Waals surface area contributed by atoms with E-state index < -0.39 is 27.3 Å². The fourth-order valence-electron chi connectivity index (χ4n) is 2.17. The Bertz CT molecular complexity index is 693. The van der Waals surface area contributed by atoms with Crippen molar-refractivity contribution in [1.82, 2.24) is 5.32 Å². The molecule has 6 nitrogen and oxygen atoms in total. The average molecular weight is 311 g/mol. The maximum absolute atomic E-state index is 12.2. The van der Waals surface area contributed by atoms with Gasteiger partial charge in [0.1, 0.15) is 5.54 Å². The number of hydrogen-bond acceptors (Lipinski definition) is 4. The molecule has 2 rings (SSSR count). The zero-order valence-electron chi connectivity index (χ0n) is 11.8. The van der Waals surface area contributed by atoms with Gasteiger partial charge in [-0.25, -0.2) is 13.2 Å². The minimum absolute atomic E-state index is 0.0265. The normalized spacial score (nSPS) is 17.8. The SMILES string of the molecule is CC(NC(=O)c1cccc(S(C)(=O)=O)c1)(C(=O)O)C1CC1. The molecular formula is C14H17NO5S. The largest absolute Gasteiger partial charge is 0.480 e. The van der Waals surface area contributed by atoms with Crippen molar-refractivity contribution < 1.29 is 23.1 Å². The molecule has 1 aromatic carbocycles. The third kappa shape index (κ3) is 3.24. The molecule has 1 aliphatic rings. The van der Waals surface area contributed by atoms with E-state index in [9.17, 15) is 23.1 Å². The Morgan fingerprint density at radius 3 is 2.43 bits per heavy atom. The van der Waals surface area contributed by atoms with Gasteiger partial charge in [0.25, 0.3) is 5.91 Å². The maximum Gasteiger partial charge on any atom is 0.329 e. The predicted molar refractivity (Wildman–Crippen MR) is 75.8 cm³/mol. The minimum Gasteiger partial charge on any atom is -0.480 e. The molecule has 1 atom stereocenters. The molecule has 1 fully saturated rings. The number of aliphatic carboxylic acids is 1. The van der Waals surface area contributed by atoms with E-state index >= 15 is 0 Å². The van der Waals surface area contributed by atoms with E-state index in [0.29, 0.717) is 0 Å². The number of carboxylic acid groups (broad SMARTS) is 1. The standard InChI is InChI=1S/C14H17NO5S/c1-14(13(17)18,10-6-7-10)15-12(16)9-4-3-5-11(8-9)21(2,19)20/h3-5,8,10H,6-7H2,1-2H3,(H,15,16)(H,17,18). The quantitative estimate of drug-likeness (QED) is 0.847. The first kappa shape index (κ1) is 15.5. The van der Waals surface area contributed by atoms with E-state index in [1.54, 1.807) is 0 Å². The highest BCUT2D eigenvalue weighted by atomic mass is 32.2.